The summed E-state index contributed by atoms with van der Waals surface area (Å²) in [4.78, 5) is 16.8. The van der Waals surface area contributed by atoms with Crippen LogP contribution in [0.3, 0.4) is 0 Å². The Balaban J connectivity index is 1.57. The fraction of sp³-hybridized carbons (Fsp3) is 0.143. The highest BCUT2D eigenvalue weighted by molar-refractivity contribution is 6.07. The second-order valence-corrected chi connectivity index (χ2v) is 6.15. The molecule has 0 unspecified atom stereocenters. The topological polar surface area (TPSA) is 65.4 Å². The number of carbonyl (C=O) groups is 1. The van der Waals surface area contributed by atoms with Gasteiger partial charge in [0, 0.05) is 41.3 Å². The molecule has 0 radical (unpaired) electrons. The van der Waals surface area contributed by atoms with E-state index >= 15 is 0 Å². The van der Waals surface area contributed by atoms with Gasteiger partial charge >= 0.3 is 0 Å². The lowest BCUT2D eigenvalue weighted by molar-refractivity contribution is -0.113. The lowest BCUT2D eigenvalue weighted by atomic mass is 10.1. The van der Waals surface area contributed by atoms with E-state index in [1.165, 1.54) is 0 Å². The van der Waals surface area contributed by atoms with E-state index in [1.54, 1.807) is 19.6 Å². The van der Waals surface area contributed by atoms with E-state index in [4.69, 9.17) is 9.47 Å². The van der Waals surface area contributed by atoms with Crippen LogP contribution in [0.2, 0.25) is 0 Å². The van der Waals surface area contributed by atoms with Crippen molar-refractivity contribution in [1.82, 2.24) is 9.55 Å². The molecule has 0 saturated carbocycles. The van der Waals surface area contributed by atoms with Gasteiger partial charge in [-0.1, -0.05) is 6.07 Å². The number of nitrogens with one attached hydrogen (secondary N) is 1. The van der Waals surface area contributed by atoms with E-state index < -0.39 is 0 Å². The molecule has 6 heteroatoms. The third kappa shape index (κ3) is 3.69. The quantitative estimate of drug-likeness (QED) is 0.770. The first-order valence-electron chi connectivity index (χ1n) is 8.64. The number of methoxy groups -OCH3 is 1. The molecule has 1 aromatic heterocycles. The molecule has 1 aliphatic heterocycles. The van der Waals surface area contributed by atoms with Crippen LogP contribution in [-0.4, -0.2) is 29.2 Å². The first-order chi connectivity index (χ1) is 13.2. The number of anilines is 1. The molecule has 2 aromatic carbocycles. The van der Waals surface area contributed by atoms with Gasteiger partial charge in [0.25, 0.3) is 5.91 Å². The summed E-state index contributed by atoms with van der Waals surface area (Å²) < 4.78 is 12.9. The largest absolute Gasteiger partial charge is 0.497 e. The summed E-state index contributed by atoms with van der Waals surface area (Å²) >= 11 is 0. The van der Waals surface area contributed by atoms with Gasteiger partial charge in [-0.25, -0.2) is 4.98 Å². The zero-order valence-electron chi connectivity index (χ0n) is 14.9. The van der Waals surface area contributed by atoms with Crippen molar-refractivity contribution in [2.45, 2.75) is 6.42 Å². The third-order valence-electron chi connectivity index (χ3n) is 4.37. The SMILES string of the molecule is COc1ccc2c(c1)C=C(C(=O)Nc1cccc(-n3ccnc3)c1)CCO2. The van der Waals surface area contributed by atoms with Crippen LogP contribution >= 0.6 is 0 Å². The van der Waals surface area contributed by atoms with Crippen molar-refractivity contribution in [1.29, 1.82) is 0 Å². The minimum absolute atomic E-state index is 0.142. The number of hydrogen-bond donors (Lipinski definition) is 1. The Labute approximate surface area is 157 Å². The average molecular weight is 361 g/mol. The summed E-state index contributed by atoms with van der Waals surface area (Å²) in [5.41, 5.74) is 3.15. The number of nitrogens with zero attached hydrogens (tertiary/aromatic N) is 2. The maximum absolute atomic E-state index is 12.8. The monoisotopic (exact) mass is 361 g/mol. The van der Waals surface area contributed by atoms with Crippen LogP contribution < -0.4 is 14.8 Å². The molecule has 1 N–H and O–H groups in total. The average Bonchev–Trinajstić information content (AvgIpc) is 3.14. The Kier molecular flexibility index (Phi) is 4.61. The number of ether oxygens (including phenoxy) is 2. The van der Waals surface area contributed by atoms with Gasteiger partial charge in [-0.2, -0.15) is 0 Å². The fourth-order valence-corrected chi connectivity index (χ4v) is 2.98. The van der Waals surface area contributed by atoms with Crippen molar-refractivity contribution in [3.8, 4) is 17.2 Å². The van der Waals surface area contributed by atoms with Gasteiger partial charge < -0.3 is 19.4 Å². The van der Waals surface area contributed by atoms with Crippen molar-refractivity contribution in [3.63, 3.8) is 0 Å². The zero-order chi connectivity index (χ0) is 18.6. The molecule has 136 valence electrons. The minimum atomic E-state index is -0.142. The van der Waals surface area contributed by atoms with Crippen molar-refractivity contribution in [2.75, 3.05) is 19.0 Å². The van der Waals surface area contributed by atoms with Gasteiger partial charge in [0.05, 0.1) is 20.0 Å². The van der Waals surface area contributed by atoms with Crippen molar-refractivity contribution in [2.24, 2.45) is 0 Å². The fourth-order valence-electron chi connectivity index (χ4n) is 2.98. The summed E-state index contributed by atoms with van der Waals surface area (Å²) in [6, 6.07) is 13.2. The highest BCUT2D eigenvalue weighted by Crippen LogP contribution is 2.30. The Morgan fingerprint density at radius 3 is 3.00 bits per heavy atom. The van der Waals surface area contributed by atoms with Gasteiger partial charge in [0.1, 0.15) is 11.5 Å². The van der Waals surface area contributed by atoms with Gasteiger partial charge in [-0.15, -0.1) is 0 Å². The molecule has 27 heavy (non-hydrogen) atoms. The predicted octanol–water partition coefficient (Wildman–Crippen LogP) is 3.69. The van der Waals surface area contributed by atoms with Crippen LogP contribution in [0.15, 0.2) is 66.8 Å². The molecule has 2 heterocycles. The highest BCUT2D eigenvalue weighted by Gasteiger charge is 2.16. The normalized spacial score (nSPS) is 13.0. The summed E-state index contributed by atoms with van der Waals surface area (Å²) in [7, 11) is 1.61. The lowest BCUT2D eigenvalue weighted by Gasteiger charge is -2.09. The number of imidazole rings is 1. The number of carbonyl (C=O) groups excluding carboxylic acids is 1. The van der Waals surface area contributed by atoms with Crippen LogP contribution in [0.4, 0.5) is 5.69 Å². The minimum Gasteiger partial charge on any atom is -0.497 e. The maximum Gasteiger partial charge on any atom is 0.251 e. The molecule has 3 aromatic rings. The van der Waals surface area contributed by atoms with E-state index in [2.05, 4.69) is 10.3 Å². The second-order valence-electron chi connectivity index (χ2n) is 6.15. The molecule has 0 saturated heterocycles. The van der Waals surface area contributed by atoms with Crippen LogP contribution in [0.25, 0.3) is 11.8 Å². The Morgan fingerprint density at radius 1 is 1.26 bits per heavy atom. The van der Waals surface area contributed by atoms with Gasteiger partial charge in [-0.3, -0.25) is 4.79 Å². The number of fused-ring (bicyclic) bond motifs is 1. The smallest absolute Gasteiger partial charge is 0.251 e. The number of hydrogen-bond acceptors (Lipinski definition) is 4. The molecule has 0 bridgehead atoms. The van der Waals surface area contributed by atoms with Gasteiger partial charge in [-0.05, 0) is 42.5 Å². The van der Waals surface area contributed by atoms with Crippen molar-refractivity contribution >= 4 is 17.7 Å². The van der Waals surface area contributed by atoms with E-state index in [0.717, 1.165) is 28.4 Å². The molecule has 0 spiro atoms. The summed E-state index contributed by atoms with van der Waals surface area (Å²) in [6.07, 6.45) is 7.68. The van der Waals surface area contributed by atoms with Gasteiger partial charge in [0.2, 0.25) is 0 Å². The van der Waals surface area contributed by atoms with Crippen LogP contribution in [0.5, 0.6) is 11.5 Å². The zero-order valence-corrected chi connectivity index (χ0v) is 14.9. The van der Waals surface area contributed by atoms with Crippen LogP contribution in [-0.2, 0) is 4.79 Å². The first-order valence-corrected chi connectivity index (χ1v) is 8.64. The molecule has 0 fully saturated rings. The number of aromatic nitrogens is 2. The van der Waals surface area contributed by atoms with Crippen molar-refractivity contribution in [3.05, 3.63) is 72.3 Å². The molecular formula is C21H19N3O3. The number of amides is 1. The molecule has 1 amide bonds. The van der Waals surface area contributed by atoms with Crippen molar-refractivity contribution < 1.29 is 14.3 Å². The Morgan fingerprint density at radius 2 is 2.19 bits per heavy atom. The molecule has 0 atom stereocenters. The molecular weight excluding hydrogens is 342 g/mol. The Hall–Kier alpha value is -3.54. The second kappa shape index (κ2) is 7.37. The predicted molar refractivity (Wildman–Crippen MR) is 103 cm³/mol. The van der Waals surface area contributed by atoms with E-state index in [9.17, 15) is 4.79 Å². The number of benzene rings is 2. The van der Waals surface area contributed by atoms with Gasteiger partial charge in [0.15, 0.2) is 0 Å². The molecule has 4 rings (SSSR count). The Bertz CT molecular complexity index is 994. The van der Waals surface area contributed by atoms with E-state index in [-0.39, 0.29) is 5.91 Å². The third-order valence-corrected chi connectivity index (χ3v) is 4.37. The van der Waals surface area contributed by atoms with Crippen LogP contribution in [0.1, 0.15) is 12.0 Å². The first kappa shape index (κ1) is 16.9. The van der Waals surface area contributed by atoms with E-state index in [0.29, 0.717) is 18.6 Å². The molecule has 6 nitrogen and oxygen atoms in total. The summed E-state index contributed by atoms with van der Waals surface area (Å²) in [5, 5.41) is 2.97. The standard InChI is InChI=1S/C21H19N3O3/c1-26-19-5-6-20-16(12-19)11-15(7-10-27-20)21(25)23-17-3-2-4-18(13-17)24-9-8-22-14-24/h2-6,8-9,11-14H,7,10H2,1H3,(H,23,25). The highest BCUT2D eigenvalue weighted by atomic mass is 16.5. The van der Waals surface area contributed by atoms with Crippen LogP contribution in [0, 0.1) is 0 Å². The lowest BCUT2D eigenvalue weighted by Crippen LogP contribution is -2.15. The maximum atomic E-state index is 12.8. The number of rotatable bonds is 4. The molecule has 0 aliphatic carbocycles. The van der Waals surface area contributed by atoms with E-state index in [1.807, 2.05) is 59.3 Å². The summed E-state index contributed by atoms with van der Waals surface area (Å²) in [6.45, 7) is 0.452. The molecule has 1 aliphatic rings. The summed E-state index contributed by atoms with van der Waals surface area (Å²) in [5.74, 6) is 1.33.